The third-order valence-electron chi connectivity index (χ3n) is 5.83. The Morgan fingerprint density at radius 2 is 1.29 bits per heavy atom. The van der Waals surface area contributed by atoms with Crippen LogP contribution in [0.15, 0.2) is 36.4 Å². The summed E-state index contributed by atoms with van der Waals surface area (Å²) >= 11 is 0. The summed E-state index contributed by atoms with van der Waals surface area (Å²) in [6, 6.07) is 1.24. The van der Waals surface area contributed by atoms with Gasteiger partial charge in [-0.25, -0.2) is 4.79 Å². The number of nitrogens with zero attached hydrogens (tertiary/aromatic N) is 1. The van der Waals surface area contributed by atoms with Gasteiger partial charge in [0.25, 0.3) is 0 Å². The number of ether oxygens (including phenoxy) is 1. The highest BCUT2D eigenvalue weighted by molar-refractivity contribution is 6.07. The molecule has 3 rings (SSSR count). The van der Waals surface area contributed by atoms with E-state index in [1.807, 2.05) is 0 Å². The number of hydrogen-bond acceptors (Lipinski definition) is 3. The van der Waals surface area contributed by atoms with Crippen LogP contribution in [0.2, 0.25) is 0 Å². The minimum Gasteiger partial charge on any atom is -0.443 e. The summed E-state index contributed by atoms with van der Waals surface area (Å²) in [5.74, 6) is -2.78. The molecule has 0 bridgehead atoms. The number of ketones is 1. The third-order valence-corrected chi connectivity index (χ3v) is 5.83. The van der Waals surface area contributed by atoms with Crippen LogP contribution in [0.3, 0.4) is 0 Å². The highest BCUT2D eigenvalue weighted by Crippen LogP contribution is 2.47. The molecule has 0 unspecified atom stereocenters. The van der Waals surface area contributed by atoms with Gasteiger partial charge in [-0.05, 0) is 63.1 Å². The SMILES string of the molecule is CC[C@@H]1[C@@H](C(=O)c2cc(C(F)(F)F)cc(C(F)(F)F)c2)c2ccc(C(F)(F)F)cc2N1C(=O)OC(C)(C)C. The van der Waals surface area contributed by atoms with E-state index < -0.39 is 70.2 Å². The molecular formula is C25H22F9NO3. The van der Waals surface area contributed by atoms with Crippen molar-refractivity contribution >= 4 is 17.6 Å². The van der Waals surface area contributed by atoms with Gasteiger partial charge in [0.2, 0.25) is 0 Å². The second-order valence-corrected chi connectivity index (χ2v) is 9.73. The molecular weight excluding hydrogens is 533 g/mol. The molecule has 1 aliphatic rings. The fourth-order valence-electron chi connectivity index (χ4n) is 4.28. The van der Waals surface area contributed by atoms with Crippen molar-refractivity contribution in [2.75, 3.05) is 4.90 Å². The molecule has 0 saturated heterocycles. The summed E-state index contributed by atoms with van der Waals surface area (Å²) in [4.78, 5) is 27.4. The topological polar surface area (TPSA) is 46.6 Å². The number of hydrogen-bond donors (Lipinski definition) is 0. The van der Waals surface area contributed by atoms with Gasteiger partial charge in [-0.2, -0.15) is 39.5 Å². The number of carbonyl (C=O) groups is 2. The molecule has 4 nitrogen and oxygen atoms in total. The Morgan fingerprint density at radius 3 is 1.71 bits per heavy atom. The molecule has 0 saturated carbocycles. The lowest BCUT2D eigenvalue weighted by atomic mass is 9.85. The van der Waals surface area contributed by atoms with Crippen molar-refractivity contribution in [1.82, 2.24) is 0 Å². The highest BCUT2D eigenvalue weighted by atomic mass is 19.4. The van der Waals surface area contributed by atoms with Crippen LogP contribution in [-0.4, -0.2) is 23.5 Å². The van der Waals surface area contributed by atoms with Gasteiger partial charge in [0.05, 0.1) is 34.3 Å². The standard InChI is InChI=1S/C25H22F9NO3/c1-5-17-19(20(36)12-8-14(24(29,30)31)10-15(9-12)25(32,33)34)16-7-6-13(23(26,27)28)11-18(16)35(17)21(37)38-22(2,3)4/h6-11,17,19H,5H2,1-4H3/t17-,19+/m1/s1. The van der Waals surface area contributed by atoms with Crippen molar-refractivity contribution in [2.24, 2.45) is 0 Å². The predicted molar refractivity (Wildman–Crippen MR) is 118 cm³/mol. The van der Waals surface area contributed by atoms with Gasteiger partial charge < -0.3 is 4.74 Å². The van der Waals surface area contributed by atoms with Gasteiger partial charge in [0, 0.05) is 5.56 Å². The smallest absolute Gasteiger partial charge is 0.416 e. The van der Waals surface area contributed by atoms with Crippen LogP contribution >= 0.6 is 0 Å². The van der Waals surface area contributed by atoms with Gasteiger partial charge in [-0.1, -0.05) is 13.0 Å². The average Bonchev–Trinajstić information content (AvgIpc) is 3.09. The number of amides is 1. The van der Waals surface area contributed by atoms with Gasteiger partial charge in [-0.3, -0.25) is 9.69 Å². The normalized spacial score (nSPS) is 18.4. The first-order valence-corrected chi connectivity index (χ1v) is 11.2. The number of anilines is 1. The number of alkyl halides is 9. The maximum absolute atomic E-state index is 13.5. The predicted octanol–water partition coefficient (Wildman–Crippen LogP) is 8.24. The van der Waals surface area contributed by atoms with E-state index in [-0.39, 0.29) is 35.9 Å². The van der Waals surface area contributed by atoms with Crippen LogP contribution in [-0.2, 0) is 23.3 Å². The lowest BCUT2D eigenvalue weighted by molar-refractivity contribution is -0.143. The second kappa shape index (κ2) is 9.49. The summed E-state index contributed by atoms with van der Waals surface area (Å²) in [7, 11) is 0. The van der Waals surface area contributed by atoms with Crippen LogP contribution in [0.5, 0.6) is 0 Å². The maximum atomic E-state index is 13.5. The van der Waals surface area contributed by atoms with E-state index in [0.29, 0.717) is 12.1 Å². The molecule has 0 aromatic heterocycles. The van der Waals surface area contributed by atoms with Crippen molar-refractivity contribution in [2.45, 2.75) is 70.2 Å². The fraction of sp³-hybridized carbons (Fsp3) is 0.440. The molecule has 0 fully saturated rings. The Labute approximate surface area is 211 Å². The van der Waals surface area contributed by atoms with Crippen LogP contribution < -0.4 is 4.90 Å². The van der Waals surface area contributed by atoms with Crippen molar-refractivity contribution in [3.8, 4) is 0 Å². The van der Waals surface area contributed by atoms with Crippen LogP contribution in [0.25, 0.3) is 0 Å². The number of fused-ring (bicyclic) bond motifs is 1. The van der Waals surface area contributed by atoms with E-state index in [2.05, 4.69) is 0 Å². The monoisotopic (exact) mass is 555 g/mol. The number of Topliss-reactive ketones (excluding diaryl/α,β-unsaturated/α-hetero) is 1. The molecule has 2 atom stereocenters. The minimum absolute atomic E-state index is 0.0865. The largest absolute Gasteiger partial charge is 0.443 e. The van der Waals surface area contributed by atoms with E-state index in [9.17, 15) is 49.1 Å². The van der Waals surface area contributed by atoms with Crippen molar-refractivity contribution < 1.29 is 53.8 Å². The zero-order valence-corrected chi connectivity index (χ0v) is 20.4. The van der Waals surface area contributed by atoms with E-state index in [1.54, 1.807) is 0 Å². The first-order valence-electron chi connectivity index (χ1n) is 11.2. The molecule has 208 valence electrons. The summed E-state index contributed by atoms with van der Waals surface area (Å²) in [5.41, 5.74) is -7.22. The molecule has 0 aliphatic carbocycles. The quantitative estimate of drug-likeness (QED) is 0.283. The molecule has 13 heteroatoms. The van der Waals surface area contributed by atoms with Crippen molar-refractivity contribution in [3.05, 3.63) is 64.2 Å². The maximum Gasteiger partial charge on any atom is 0.416 e. The molecule has 0 spiro atoms. The highest BCUT2D eigenvalue weighted by Gasteiger charge is 2.48. The summed E-state index contributed by atoms with van der Waals surface area (Å²) in [6.07, 6.45) is -16.5. The molecule has 1 heterocycles. The molecule has 38 heavy (non-hydrogen) atoms. The van der Waals surface area contributed by atoms with Crippen LogP contribution in [0, 0.1) is 0 Å². The zero-order valence-electron chi connectivity index (χ0n) is 20.4. The van der Waals surface area contributed by atoms with Crippen LogP contribution in [0.4, 0.5) is 50.0 Å². The van der Waals surface area contributed by atoms with E-state index in [4.69, 9.17) is 4.74 Å². The second-order valence-electron chi connectivity index (χ2n) is 9.73. The summed E-state index contributed by atoms with van der Waals surface area (Å²) < 4.78 is 126. The lowest BCUT2D eigenvalue weighted by Gasteiger charge is -2.30. The number of halogens is 9. The molecule has 0 radical (unpaired) electrons. The number of benzene rings is 2. The molecule has 0 N–H and O–H groups in total. The number of carbonyl (C=O) groups excluding carboxylic acids is 2. The fourth-order valence-corrected chi connectivity index (χ4v) is 4.28. The zero-order chi connectivity index (χ0) is 29.0. The Kier molecular flexibility index (Phi) is 7.32. The molecule has 2 aromatic carbocycles. The van der Waals surface area contributed by atoms with E-state index in [1.165, 1.54) is 27.7 Å². The van der Waals surface area contributed by atoms with Crippen molar-refractivity contribution in [1.29, 1.82) is 0 Å². The van der Waals surface area contributed by atoms with Gasteiger partial charge in [0.1, 0.15) is 5.60 Å². The molecule has 1 aliphatic heterocycles. The Balaban J connectivity index is 2.23. The number of rotatable bonds is 3. The van der Waals surface area contributed by atoms with Crippen LogP contribution in [0.1, 0.15) is 72.6 Å². The van der Waals surface area contributed by atoms with Crippen molar-refractivity contribution in [3.63, 3.8) is 0 Å². The first kappa shape index (κ1) is 29.3. The molecule has 2 aromatic rings. The lowest BCUT2D eigenvalue weighted by Crippen LogP contribution is -2.43. The summed E-state index contributed by atoms with van der Waals surface area (Å²) in [6.45, 7) is 5.92. The van der Waals surface area contributed by atoms with Gasteiger partial charge in [0.15, 0.2) is 5.78 Å². The van der Waals surface area contributed by atoms with Gasteiger partial charge >= 0.3 is 24.6 Å². The minimum atomic E-state index is -5.22. The first-order chi connectivity index (χ1) is 17.1. The average molecular weight is 555 g/mol. The molecule has 1 amide bonds. The van der Waals surface area contributed by atoms with E-state index in [0.717, 1.165) is 11.0 Å². The van der Waals surface area contributed by atoms with Gasteiger partial charge in [-0.15, -0.1) is 0 Å². The van der Waals surface area contributed by atoms with E-state index >= 15 is 0 Å². The third kappa shape index (κ3) is 5.91. The Bertz CT molecular complexity index is 1210. The summed E-state index contributed by atoms with van der Waals surface area (Å²) in [5, 5.41) is 0. The Morgan fingerprint density at radius 1 is 0.789 bits per heavy atom. The Hall–Kier alpha value is -3.25.